The van der Waals surface area contributed by atoms with Gasteiger partial charge in [-0.3, -0.25) is 14.8 Å². The highest BCUT2D eigenvalue weighted by molar-refractivity contribution is 7.17. The summed E-state index contributed by atoms with van der Waals surface area (Å²) in [7, 11) is 1.61. The third kappa shape index (κ3) is 4.04. The number of hydrogen-bond donors (Lipinski definition) is 1. The first-order chi connectivity index (χ1) is 12.2. The van der Waals surface area contributed by atoms with Gasteiger partial charge in [-0.05, 0) is 36.8 Å². The Hall–Kier alpha value is -3.13. The minimum absolute atomic E-state index is 0.310. The Balaban J connectivity index is 1.69. The molecule has 0 aliphatic heterocycles. The first-order valence-corrected chi connectivity index (χ1v) is 8.20. The van der Waals surface area contributed by atoms with Gasteiger partial charge < -0.3 is 4.74 Å². The Morgan fingerprint density at radius 3 is 2.76 bits per heavy atom. The summed E-state index contributed by atoms with van der Waals surface area (Å²) in [6, 6.07) is 7.34. The number of aromatic nitrogens is 3. The average Bonchev–Trinajstić information content (AvgIpc) is 3.05. The molecule has 0 saturated carbocycles. The van der Waals surface area contributed by atoms with Crippen LogP contribution in [0.2, 0.25) is 0 Å². The van der Waals surface area contributed by atoms with E-state index in [0.29, 0.717) is 21.3 Å². The number of hydrogen-bond acceptors (Lipinski definition) is 7. The summed E-state index contributed by atoms with van der Waals surface area (Å²) in [6.45, 7) is 1.78. The molecule has 0 spiro atoms. The Labute approximate surface area is 148 Å². The van der Waals surface area contributed by atoms with E-state index in [1.807, 2.05) is 24.3 Å². The highest BCUT2D eigenvalue weighted by atomic mass is 32.1. The summed E-state index contributed by atoms with van der Waals surface area (Å²) in [5.41, 5.74) is 4.63. The quantitative estimate of drug-likeness (QED) is 0.563. The number of rotatable bonds is 5. The third-order valence-electron chi connectivity index (χ3n) is 3.28. The van der Waals surface area contributed by atoms with E-state index < -0.39 is 0 Å². The number of nitrogens with zero attached hydrogens (tertiary/aromatic N) is 4. The Morgan fingerprint density at radius 1 is 1.28 bits per heavy atom. The molecule has 2 heterocycles. The predicted molar refractivity (Wildman–Crippen MR) is 95.9 cm³/mol. The normalized spacial score (nSPS) is 10.8. The van der Waals surface area contributed by atoms with Crippen molar-refractivity contribution in [2.24, 2.45) is 5.10 Å². The Bertz CT molecular complexity index is 891. The molecule has 0 aliphatic carbocycles. The molecule has 8 heteroatoms. The minimum Gasteiger partial charge on any atom is -0.497 e. The van der Waals surface area contributed by atoms with Gasteiger partial charge >= 0.3 is 0 Å². The van der Waals surface area contributed by atoms with E-state index in [2.05, 4.69) is 25.5 Å². The second kappa shape index (κ2) is 7.63. The molecule has 0 bridgehead atoms. The van der Waals surface area contributed by atoms with Crippen LogP contribution in [0, 0.1) is 6.92 Å². The van der Waals surface area contributed by atoms with Gasteiger partial charge in [-0.1, -0.05) is 0 Å². The van der Waals surface area contributed by atoms with Crippen LogP contribution in [0.1, 0.15) is 20.9 Å². The smallest absolute Gasteiger partial charge is 0.283 e. The average molecular weight is 353 g/mol. The van der Waals surface area contributed by atoms with Crippen LogP contribution in [0.3, 0.4) is 0 Å². The molecule has 7 nitrogen and oxygen atoms in total. The van der Waals surface area contributed by atoms with E-state index in [4.69, 9.17) is 4.74 Å². The zero-order valence-electron chi connectivity index (χ0n) is 13.6. The molecule has 3 aromatic rings. The highest BCUT2D eigenvalue weighted by Crippen LogP contribution is 2.25. The number of amides is 1. The molecule has 1 aromatic carbocycles. The molecule has 0 aliphatic rings. The molecule has 1 amide bonds. The Morgan fingerprint density at radius 2 is 2.08 bits per heavy atom. The van der Waals surface area contributed by atoms with Gasteiger partial charge in [0.2, 0.25) is 0 Å². The molecular weight excluding hydrogens is 338 g/mol. The molecule has 0 atom stereocenters. The van der Waals surface area contributed by atoms with Crippen molar-refractivity contribution in [2.45, 2.75) is 6.92 Å². The van der Waals surface area contributed by atoms with Crippen LogP contribution in [-0.2, 0) is 0 Å². The fourth-order valence-corrected chi connectivity index (χ4v) is 2.95. The number of ether oxygens (including phenoxy) is 1. The van der Waals surface area contributed by atoms with Crippen molar-refractivity contribution in [3.05, 3.63) is 59.0 Å². The number of hydrazone groups is 1. The number of aryl methyl sites for hydroxylation is 1. The first kappa shape index (κ1) is 16.7. The van der Waals surface area contributed by atoms with Crippen molar-refractivity contribution in [1.29, 1.82) is 0 Å². The van der Waals surface area contributed by atoms with E-state index in [1.165, 1.54) is 11.3 Å². The van der Waals surface area contributed by atoms with Crippen molar-refractivity contribution < 1.29 is 9.53 Å². The number of carbonyl (C=O) groups is 1. The third-order valence-corrected chi connectivity index (χ3v) is 4.46. The fraction of sp³-hybridized carbons (Fsp3) is 0.118. The van der Waals surface area contributed by atoms with Crippen LogP contribution in [0.5, 0.6) is 5.75 Å². The van der Waals surface area contributed by atoms with Crippen LogP contribution < -0.4 is 10.2 Å². The molecule has 0 saturated heterocycles. The molecule has 0 unspecified atom stereocenters. The van der Waals surface area contributed by atoms with Crippen molar-refractivity contribution >= 4 is 23.5 Å². The van der Waals surface area contributed by atoms with Crippen LogP contribution in [0.25, 0.3) is 10.7 Å². The predicted octanol–water partition coefficient (Wildman–Crippen LogP) is 2.68. The molecule has 3 rings (SSSR count). The van der Waals surface area contributed by atoms with Gasteiger partial charge in [-0.2, -0.15) is 5.10 Å². The summed E-state index contributed by atoms with van der Waals surface area (Å²) in [6.07, 6.45) is 6.36. The molecule has 1 N–H and O–H groups in total. The van der Waals surface area contributed by atoms with Gasteiger partial charge in [0.1, 0.15) is 21.3 Å². The maximum Gasteiger partial charge on any atom is 0.283 e. The van der Waals surface area contributed by atoms with E-state index in [1.54, 1.807) is 38.8 Å². The van der Waals surface area contributed by atoms with E-state index in [0.717, 1.165) is 11.3 Å². The number of nitrogens with one attached hydrogen (secondary N) is 1. The monoisotopic (exact) mass is 353 g/mol. The molecule has 126 valence electrons. The number of carbonyl (C=O) groups excluding carboxylic acids is 1. The summed E-state index contributed by atoms with van der Waals surface area (Å²) >= 11 is 1.26. The standard InChI is InChI=1S/C17H15N5O2S/c1-11-15(25-17(21-11)14-10-18-7-8-19-14)16(23)22-20-9-12-3-5-13(24-2)6-4-12/h3-10H,1-2H3,(H,22,23). The second-order valence-corrected chi connectivity index (χ2v) is 6.00. The lowest BCUT2D eigenvalue weighted by molar-refractivity contribution is 0.0958. The van der Waals surface area contributed by atoms with Gasteiger partial charge in [-0.25, -0.2) is 10.4 Å². The second-order valence-electron chi connectivity index (χ2n) is 5.00. The fourth-order valence-electron chi connectivity index (χ4n) is 2.03. The lowest BCUT2D eigenvalue weighted by Crippen LogP contribution is -2.17. The van der Waals surface area contributed by atoms with Crippen molar-refractivity contribution in [3.63, 3.8) is 0 Å². The molecule has 0 radical (unpaired) electrons. The summed E-state index contributed by atoms with van der Waals surface area (Å²) in [5, 5.41) is 4.63. The minimum atomic E-state index is -0.310. The summed E-state index contributed by atoms with van der Waals surface area (Å²) in [4.78, 5) is 25.4. The van der Waals surface area contributed by atoms with Crippen LogP contribution in [0.4, 0.5) is 0 Å². The first-order valence-electron chi connectivity index (χ1n) is 7.38. The largest absolute Gasteiger partial charge is 0.497 e. The zero-order chi connectivity index (χ0) is 17.6. The van der Waals surface area contributed by atoms with Gasteiger partial charge in [0.15, 0.2) is 0 Å². The number of benzene rings is 1. The molecular formula is C17H15N5O2S. The van der Waals surface area contributed by atoms with E-state index >= 15 is 0 Å². The van der Waals surface area contributed by atoms with Gasteiger partial charge in [0.25, 0.3) is 5.91 Å². The zero-order valence-corrected chi connectivity index (χ0v) is 14.4. The summed E-state index contributed by atoms with van der Waals surface area (Å²) in [5.74, 6) is 0.452. The summed E-state index contributed by atoms with van der Waals surface area (Å²) < 4.78 is 5.09. The lowest BCUT2D eigenvalue weighted by atomic mass is 10.2. The van der Waals surface area contributed by atoms with E-state index in [9.17, 15) is 4.79 Å². The molecule has 0 fully saturated rings. The van der Waals surface area contributed by atoms with Crippen LogP contribution in [0.15, 0.2) is 48.0 Å². The van der Waals surface area contributed by atoms with Crippen molar-refractivity contribution in [2.75, 3.05) is 7.11 Å². The maximum atomic E-state index is 12.3. The SMILES string of the molecule is COc1ccc(C=NNC(=O)c2sc(-c3cnccn3)nc2C)cc1. The number of methoxy groups -OCH3 is 1. The number of thiazole rings is 1. The maximum absolute atomic E-state index is 12.3. The topological polar surface area (TPSA) is 89.4 Å². The van der Waals surface area contributed by atoms with Gasteiger partial charge in [0.05, 0.1) is 25.2 Å². The van der Waals surface area contributed by atoms with Crippen molar-refractivity contribution in [1.82, 2.24) is 20.4 Å². The lowest BCUT2D eigenvalue weighted by Gasteiger charge is -1.99. The van der Waals surface area contributed by atoms with E-state index in [-0.39, 0.29) is 5.91 Å². The van der Waals surface area contributed by atoms with Gasteiger partial charge in [0, 0.05) is 12.4 Å². The molecule has 25 heavy (non-hydrogen) atoms. The van der Waals surface area contributed by atoms with Crippen LogP contribution in [-0.4, -0.2) is 34.2 Å². The van der Waals surface area contributed by atoms with Crippen molar-refractivity contribution in [3.8, 4) is 16.5 Å². The molecule has 2 aromatic heterocycles. The highest BCUT2D eigenvalue weighted by Gasteiger charge is 2.16. The van der Waals surface area contributed by atoms with Gasteiger partial charge in [-0.15, -0.1) is 11.3 Å². The van der Waals surface area contributed by atoms with Crippen LogP contribution >= 0.6 is 11.3 Å². The Kier molecular flexibility index (Phi) is 5.10.